The van der Waals surface area contributed by atoms with E-state index in [0.717, 1.165) is 49.4 Å². The van der Waals surface area contributed by atoms with Gasteiger partial charge in [0.1, 0.15) is 0 Å². The second-order valence-corrected chi connectivity index (χ2v) is 6.30. The Labute approximate surface area is 141 Å². The molecule has 0 unspecified atom stereocenters. The zero-order chi connectivity index (χ0) is 16.4. The van der Waals surface area contributed by atoms with Crippen LogP contribution < -0.4 is 9.47 Å². The van der Waals surface area contributed by atoms with E-state index in [1.165, 1.54) is 0 Å². The van der Waals surface area contributed by atoms with Crippen LogP contribution in [0, 0.1) is 0 Å². The van der Waals surface area contributed by atoms with E-state index in [1.807, 2.05) is 40.0 Å². The lowest BCUT2D eigenvalue weighted by Crippen LogP contribution is -2.38. The molecule has 0 bridgehead atoms. The summed E-state index contributed by atoms with van der Waals surface area (Å²) in [6.07, 6.45) is 7.10. The average molecular weight is 327 g/mol. The molecule has 126 valence electrons. The fourth-order valence-corrected chi connectivity index (χ4v) is 3.47. The van der Waals surface area contributed by atoms with E-state index in [4.69, 9.17) is 9.47 Å². The summed E-state index contributed by atoms with van der Waals surface area (Å²) in [7, 11) is 0. The van der Waals surface area contributed by atoms with Gasteiger partial charge in [0.15, 0.2) is 11.5 Å². The lowest BCUT2D eigenvalue weighted by molar-refractivity contribution is -0.132. The van der Waals surface area contributed by atoms with Crippen LogP contribution in [0.25, 0.3) is 0 Å². The highest BCUT2D eigenvalue weighted by Crippen LogP contribution is 2.33. The monoisotopic (exact) mass is 327 g/mol. The molecule has 1 aromatic carbocycles. The van der Waals surface area contributed by atoms with Crippen LogP contribution in [0.15, 0.2) is 36.7 Å². The lowest BCUT2D eigenvalue weighted by Gasteiger charge is -2.24. The minimum Gasteiger partial charge on any atom is -0.454 e. The number of benzene rings is 1. The summed E-state index contributed by atoms with van der Waals surface area (Å²) < 4.78 is 12.6. The summed E-state index contributed by atoms with van der Waals surface area (Å²) in [5.74, 6) is 1.78. The van der Waals surface area contributed by atoms with E-state index >= 15 is 0 Å². The number of nitrogens with zero attached hydrogens (tertiary/aromatic N) is 3. The van der Waals surface area contributed by atoms with Crippen molar-refractivity contribution in [1.82, 2.24) is 14.7 Å². The molecule has 0 N–H and O–H groups in total. The van der Waals surface area contributed by atoms with Crippen molar-refractivity contribution in [2.24, 2.45) is 0 Å². The van der Waals surface area contributed by atoms with Gasteiger partial charge in [0, 0.05) is 25.4 Å². The molecular weight excluding hydrogens is 306 g/mol. The molecule has 0 aliphatic carbocycles. The first kappa shape index (κ1) is 15.1. The molecule has 3 heterocycles. The third kappa shape index (κ3) is 3.09. The van der Waals surface area contributed by atoms with Crippen molar-refractivity contribution in [2.75, 3.05) is 13.3 Å². The Morgan fingerprint density at radius 1 is 1.29 bits per heavy atom. The summed E-state index contributed by atoms with van der Waals surface area (Å²) in [5.41, 5.74) is 1.11. The Morgan fingerprint density at radius 3 is 3.08 bits per heavy atom. The minimum atomic E-state index is 0.224. The second kappa shape index (κ2) is 6.55. The standard InChI is InChI=1S/C18H21N3O3/c22-18(7-5-14-4-6-16-17(11-14)24-13-23-16)21-10-1-3-15(21)12-20-9-2-8-19-20/h2,4,6,8-9,11,15H,1,3,5,7,10,12-13H2/t15-/m0/s1. The number of carbonyl (C=O) groups excluding carboxylic acids is 1. The van der Waals surface area contributed by atoms with Gasteiger partial charge in [-0.05, 0) is 43.0 Å². The van der Waals surface area contributed by atoms with E-state index in [9.17, 15) is 4.79 Å². The Balaban J connectivity index is 1.35. The molecule has 6 heteroatoms. The Bertz CT molecular complexity index is 714. The smallest absolute Gasteiger partial charge is 0.231 e. The van der Waals surface area contributed by atoms with Crippen molar-refractivity contribution in [3.05, 3.63) is 42.2 Å². The maximum Gasteiger partial charge on any atom is 0.231 e. The molecule has 1 saturated heterocycles. The van der Waals surface area contributed by atoms with E-state index in [2.05, 4.69) is 5.10 Å². The number of amides is 1. The van der Waals surface area contributed by atoms with Crippen molar-refractivity contribution >= 4 is 5.91 Å². The quantitative estimate of drug-likeness (QED) is 0.845. The number of fused-ring (bicyclic) bond motifs is 1. The van der Waals surface area contributed by atoms with Gasteiger partial charge in [0.2, 0.25) is 12.7 Å². The van der Waals surface area contributed by atoms with Gasteiger partial charge in [-0.3, -0.25) is 9.48 Å². The molecule has 2 aliphatic heterocycles. The average Bonchev–Trinajstić information content (AvgIpc) is 3.34. The van der Waals surface area contributed by atoms with Gasteiger partial charge in [-0.25, -0.2) is 0 Å². The van der Waals surface area contributed by atoms with Gasteiger partial charge in [0.25, 0.3) is 0 Å². The first-order chi connectivity index (χ1) is 11.8. The third-order valence-corrected chi connectivity index (χ3v) is 4.72. The Hall–Kier alpha value is -2.50. The maximum atomic E-state index is 12.6. The highest BCUT2D eigenvalue weighted by Gasteiger charge is 2.28. The summed E-state index contributed by atoms with van der Waals surface area (Å²) in [6, 6.07) is 8.07. The van der Waals surface area contributed by atoms with E-state index in [1.54, 1.807) is 6.20 Å². The van der Waals surface area contributed by atoms with Crippen LogP contribution in [0.2, 0.25) is 0 Å². The van der Waals surface area contributed by atoms with Crippen molar-refractivity contribution in [3.63, 3.8) is 0 Å². The molecule has 1 aromatic heterocycles. The number of hydrogen-bond donors (Lipinski definition) is 0. The van der Waals surface area contributed by atoms with Crippen LogP contribution in [0.4, 0.5) is 0 Å². The maximum absolute atomic E-state index is 12.6. The molecule has 24 heavy (non-hydrogen) atoms. The molecule has 0 spiro atoms. The molecule has 4 rings (SSSR count). The van der Waals surface area contributed by atoms with Gasteiger partial charge in [0.05, 0.1) is 12.6 Å². The van der Waals surface area contributed by atoms with Crippen LogP contribution in [0.5, 0.6) is 11.5 Å². The van der Waals surface area contributed by atoms with E-state index < -0.39 is 0 Å². The predicted molar refractivity (Wildman–Crippen MR) is 87.8 cm³/mol. The van der Waals surface area contributed by atoms with Crippen LogP contribution in [-0.2, 0) is 17.8 Å². The zero-order valence-electron chi connectivity index (χ0n) is 13.6. The van der Waals surface area contributed by atoms with Crippen molar-refractivity contribution in [3.8, 4) is 11.5 Å². The third-order valence-electron chi connectivity index (χ3n) is 4.72. The van der Waals surface area contributed by atoms with Gasteiger partial charge in [-0.2, -0.15) is 5.10 Å². The number of carbonyl (C=O) groups is 1. The zero-order valence-corrected chi connectivity index (χ0v) is 13.6. The van der Waals surface area contributed by atoms with Gasteiger partial charge < -0.3 is 14.4 Å². The number of aryl methyl sites for hydroxylation is 1. The van der Waals surface area contributed by atoms with E-state index in [-0.39, 0.29) is 18.7 Å². The summed E-state index contributed by atoms with van der Waals surface area (Å²) in [5, 5.41) is 4.25. The molecule has 0 radical (unpaired) electrons. The summed E-state index contributed by atoms with van der Waals surface area (Å²) in [4.78, 5) is 14.7. The molecule has 1 atom stereocenters. The van der Waals surface area contributed by atoms with Gasteiger partial charge in [-0.1, -0.05) is 6.07 Å². The number of rotatable bonds is 5. The molecule has 6 nitrogen and oxygen atoms in total. The summed E-state index contributed by atoms with van der Waals surface area (Å²) in [6.45, 7) is 1.91. The number of likely N-dealkylation sites (tertiary alicyclic amines) is 1. The highest BCUT2D eigenvalue weighted by molar-refractivity contribution is 5.77. The van der Waals surface area contributed by atoms with Gasteiger partial charge >= 0.3 is 0 Å². The van der Waals surface area contributed by atoms with Crippen LogP contribution in [-0.4, -0.2) is 40.0 Å². The number of ether oxygens (including phenoxy) is 2. The van der Waals surface area contributed by atoms with Crippen molar-refractivity contribution < 1.29 is 14.3 Å². The topological polar surface area (TPSA) is 56.6 Å². The SMILES string of the molecule is O=C(CCc1ccc2c(c1)OCO2)N1CCC[C@H]1Cn1cccn1. The second-order valence-electron chi connectivity index (χ2n) is 6.30. The lowest BCUT2D eigenvalue weighted by atomic mass is 10.1. The molecule has 1 amide bonds. The van der Waals surface area contributed by atoms with Gasteiger partial charge in [-0.15, -0.1) is 0 Å². The molecule has 1 fully saturated rings. The molecule has 2 aliphatic rings. The van der Waals surface area contributed by atoms with Crippen LogP contribution in [0.1, 0.15) is 24.8 Å². The first-order valence-corrected chi connectivity index (χ1v) is 8.45. The fraction of sp³-hybridized carbons (Fsp3) is 0.444. The van der Waals surface area contributed by atoms with Crippen molar-refractivity contribution in [1.29, 1.82) is 0 Å². The minimum absolute atomic E-state index is 0.224. The number of aromatic nitrogens is 2. The van der Waals surface area contributed by atoms with Crippen molar-refractivity contribution in [2.45, 2.75) is 38.3 Å². The van der Waals surface area contributed by atoms with Crippen LogP contribution >= 0.6 is 0 Å². The Morgan fingerprint density at radius 2 is 2.21 bits per heavy atom. The molecular formula is C18H21N3O3. The molecule has 2 aromatic rings. The molecule has 0 saturated carbocycles. The fourth-order valence-electron chi connectivity index (χ4n) is 3.47. The Kier molecular flexibility index (Phi) is 4.11. The normalized spacial score (nSPS) is 19.0. The first-order valence-electron chi connectivity index (χ1n) is 8.45. The predicted octanol–water partition coefficient (Wildman–Crippen LogP) is 2.24. The summed E-state index contributed by atoms with van der Waals surface area (Å²) >= 11 is 0. The van der Waals surface area contributed by atoms with Crippen LogP contribution in [0.3, 0.4) is 0 Å². The largest absolute Gasteiger partial charge is 0.454 e. The highest BCUT2D eigenvalue weighted by atomic mass is 16.7. The van der Waals surface area contributed by atoms with E-state index in [0.29, 0.717) is 6.42 Å². The number of hydrogen-bond acceptors (Lipinski definition) is 4.